The Balaban J connectivity index is 1.57. The maximum Gasteiger partial charge on any atom is 0.337 e. The third-order valence-electron chi connectivity index (χ3n) is 6.49. The number of likely N-dealkylation sites (tertiary alicyclic amines) is 1. The number of rotatable bonds is 5. The second kappa shape index (κ2) is 10.1. The van der Waals surface area contributed by atoms with E-state index in [9.17, 15) is 19.2 Å². The number of aryl methyl sites for hydroxylation is 2. The van der Waals surface area contributed by atoms with E-state index in [1.807, 2.05) is 37.5 Å². The standard InChI is InChI=1S/C26H29N3O5S/c1-16-12-19(25(32)34-4)8-9-21(16)29-17(2)13-20(18(29)3)14-22-24(31)28(26(33)35-22)15-23(30)27-10-6-5-7-11-27/h8-9,12-14H,5-7,10-11,15H2,1-4H3. The molecule has 0 spiro atoms. The monoisotopic (exact) mass is 495 g/mol. The molecule has 9 heteroatoms. The summed E-state index contributed by atoms with van der Waals surface area (Å²) in [7, 11) is 1.35. The topological polar surface area (TPSA) is 88.9 Å². The van der Waals surface area contributed by atoms with E-state index in [0.29, 0.717) is 23.6 Å². The summed E-state index contributed by atoms with van der Waals surface area (Å²) in [6.07, 6.45) is 4.72. The Kier molecular flexibility index (Phi) is 7.16. The number of hydrogen-bond acceptors (Lipinski definition) is 6. The van der Waals surface area contributed by atoms with Gasteiger partial charge in [0.2, 0.25) is 5.91 Å². The van der Waals surface area contributed by atoms with Crippen molar-refractivity contribution in [2.45, 2.75) is 40.0 Å². The van der Waals surface area contributed by atoms with Crippen LogP contribution in [0.5, 0.6) is 0 Å². The maximum atomic E-state index is 13.0. The number of hydrogen-bond donors (Lipinski definition) is 0. The van der Waals surface area contributed by atoms with Gasteiger partial charge < -0.3 is 14.2 Å². The average molecular weight is 496 g/mol. The predicted molar refractivity (Wildman–Crippen MR) is 134 cm³/mol. The predicted octanol–water partition coefficient (Wildman–Crippen LogP) is 4.24. The van der Waals surface area contributed by atoms with E-state index in [1.54, 1.807) is 23.1 Å². The molecule has 2 aliphatic rings. The molecule has 4 rings (SSSR count). The fourth-order valence-corrected chi connectivity index (χ4v) is 5.44. The van der Waals surface area contributed by atoms with E-state index in [2.05, 4.69) is 0 Å². The summed E-state index contributed by atoms with van der Waals surface area (Å²) in [5.41, 5.74) is 4.94. The number of nitrogens with zero attached hydrogens (tertiary/aromatic N) is 3. The first-order valence-electron chi connectivity index (χ1n) is 11.6. The van der Waals surface area contributed by atoms with Gasteiger partial charge in [0.25, 0.3) is 11.1 Å². The van der Waals surface area contributed by atoms with Crippen LogP contribution >= 0.6 is 11.8 Å². The molecular formula is C26H29N3O5S. The van der Waals surface area contributed by atoms with Crippen molar-refractivity contribution >= 4 is 40.9 Å². The van der Waals surface area contributed by atoms with Gasteiger partial charge in [0.1, 0.15) is 6.54 Å². The van der Waals surface area contributed by atoms with Crippen molar-refractivity contribution in [2.75, 3.05) is 26.7 Å². The van der Waals surface area contributed by atoms with E-state index < -0.39 is 17.1 Å². The molecule has 8 nitrogen and oxygen atoms in total. The van der Waals surface area contributed by atoms with Gasteiger partial charge in [0, 0.05) is 30.2 Å². The quantitative estimate of drug-likeness (QED) is 0.455. The average Bonchev–Trinajstić information content (AvgIpc) is 3.27. The van der Waals surface area contributed by atoms with Crippen molar-refractivity contribution in [3.63, 3.8) is 0 Å². The minimum absolute atomic E-state index is 0.183. The van der Waals surface area contributed by atoms with Crippen LogP contribution in [0.25, 0.3) is 11.8 Å². The molecule has 0 N–H and O–H groups in total. The second-order valence-corrected chi connectivity index (χ2v) is 9.86. The molecule has 0 bridgehead atoms. The first-order chi connectivity index (χ1) is 16.7. The van der Waals surface area contributed by atoms with E-state index >= 15 is 0 Å². The third kappa shape index (κ3) is 4.91. The second-order valence-electron chi connectivity index (χ2n) is 8.86. The summed E-state index contributed by atoms with van der Waals surface area (Å²) >= 11 is 0.863. The van der Waals surface area contributed by atoms with Gasteiger partial charge in [-0.15, -0.1) is 0 Å². The number of thioether (sulfide) groups is 1. The van der Waals surface area contributed by atoms with E-state index in [-0.39, 0.29) is 12.5 Å². The van der Waals surface area contributed by atoms with Gasteiger partial charge in [-0.05, 0) is 93.3 Å². The first-order valence-corrected chi connectivity index (χ1v) is 12.4. The number of aromatic nitrogens is 1. The minimum atomic E-state index is -0.436. The molecule has 2 saturated heterocycles. The van der Waals surface area contributed by atoms with E-state index in [4.69, 9.17) is 4.74 Å². The summed E-state index contributed by atoms with van der Waals surface area (Å²) in [5.74, 6) is -1.01. The van der Waals surface area contributed by atoms with Crippen molar-refractivity contribution in [1.29, 1.82) is 0 Å². The summed E-state index contributed by atoms with van der Waals surface area (Å²) < 4.78 is 6.85. The third-order valence-corrected chi connectivity index (χ3v) is 7.40. The van der Waals surface area contributed by atoms with E-state index in [0.717, 1.165) is 64.1 Å². The van der Waals surface area contributed by atoms with Crippen LogP contribution < -0.4 is 0 Å². The molecule has 0 radical (unpaired) electrons. The molecule has 2 fully saturated rings. The van der Waals surface area contributed by atoms with Crippen LogP contribution in [0, 0.1) is 20.8 Å². The number of methoxy groups -OCH3 is 1. The SMILES string of the molecule is COC(=O)c1ccc(-n2c(C)cc(C=C3SC(=O)N(CC(=O)N4CCCCC4)C3=O)c2C)c(C)c1. The van der Waals surface area contributed by atoms with Gasteiger partial charge in [-0.2, -0.15) is 0 Å². The summed E-state index contributed by atoms with van der Waals surface area (Å²) in [4.78, 5) is 53.1. The van der Waals surface area contributed by atoms with Crippen molar-refractivity contribution in [3.05, 3.63) is 57.2 Å². The lowest BCUT2D eigenvalue weighted by Crippen LogP contribution is -2.44. The number of amides is 3. The normalized spacial score (nSPS) is 17.4. The molecule has 1 aromatic carbocycles. The molecule has 2 aromatic rings. The van der Waals surface area contributed by atoms with Crippen LogP contribution in [-0.4, -0.2) is 64.1 Å². The van der Waals surface area contributed by atoms with Crippen LogP contribution in [0.2, 0.25) is 0 Å². The summed E-state index contributed by atoms with van der Waals surface area (Å²) in [6.45, 7) is 6.96. The maximum absolute atomic E-state index is 13.0. The van der Waals surface area contributed by atoms with Gasteiger partial charge in [0.05, 0.1) is 17.6 Å². The fraction of sp³-hybridized carbons (Fsp3) is 0.385. The minimum Gasteiger partial charge on any atom is -0.465 e. The lowest BCUT2D eigenvalue weighted by molar-refractivity contribution is -0.136. The molecule has 184 valence electrons. The number of piperidine rings is 1. The van der Waals surface area contributed by atoms with Crippen LogP contribution in [0.4, 0.5) is 4.79 Å². The van der Waals surface area contributed by atoms with Crippen molar-refractivity contribution in [1.82, 2.24) is 14.4 Å². The van der Waals surface area contributed by atoms with Crippen LogP contribution in [0.15, 0.2) is 29.2 Å². The molecule has 2 aliphatic heterocycles. The van der Waals surface area contributed by atoms with Crippen molar-refractivity contribution in [3.8, 4) is 5.69 Å². The highest BCUT2D eigenvalue weighted by Gasteiger charge is 2.37. The number of ether oxygens (including phenoxy) is 1. The Morgan fingerprint density at radius 2 is 1.77 bits per heavy atom. The number of carbonyl (C=O) groups is 4. The first kappa shape index (κ1) is 24.8. The lowest BCUT2D eigenvalue weighted by atomic mass is 10.1. The van der Waals surface area contributed by atoms with Crippen molar-refractivity contribution in [2.24, 2.45) is 0 Å². The van der Waals surface area contributed by atoms with Crippen LogP contribution in [-0.2, 0) is 14.3 Å². The highest BCUT2D eigenvalue weighted by atomic mass is 32.2. The zero-order chi connectivity index (χ0) is 25.3. The molecule has 0 unspecified atom stereocenters. The highest BCUT2D eigenvalue weighted by molar-refractivity contribution is 8.18. The van der Waals surface area contributed by atoms with E-state index in [1.165, 1.54) is 7.11 Å². The number of benzene rings is 1. The zero-order valence-corrected chi connectivity index (χ0v) is 21.2. The van der Waals surface area contributed by atoms with Crippen molar-refractivity contribution < 1.29 is 23.9 Å². The molecule has 0 atom stereocenters. The van der Waals surface area contributed by atoms with Gasteiger partial charge in [-0.25, -0.2) is 4.79 Å². The number of imide groups is 1. The Morgan fingerprint density at radius 1 is 1.06 bits per heavy atom. The molecule has 3 heterocycles. The molecule has 0 aliphatic carbocycles. The molecule has 3 amide bonds. The zero-order valence-electron chi connectivity index (χ0n) is 20.4. The van der Waals surface area contributed by atoms with Crippen LogP contribution in [0.1, 0.15) is 52.1 Å². The smallest absolute Gasteiger partial charge is 0.337 e. The summed E-state index contributed by atoms with van der Waals surface area (Å²) in [6, 6.07) is 7.32. The number of carbonyl (C=O) groups excluding carboxylic acids is 4. The molecule has 0 saturated carbocycles. The fourth-order valence-electron chi connectivity index (χ4n) is 4.61. The van der Waals surface area contributed by atoms with Gasteiger partial charge in [-0.1, -0.05) is 0 Å². The molecule has 1 aromatic heterocycles. The Morgan fingerprint density at radius 3 is 2.43 bits per heavy atom. The highest BCUT2D eigenvalue weighted by Crippen LogP contribution is 2.34. The van der Waals surface area contributed by atoms with Gasteiger partial charge >= 0.3 is 5.97 Å². The van der Waals surface area contributed by atoms with Gasteiger partial charge in [-0.3, -0.25) is 19.3 Å². The van der Waals surface area contributed by atoms with Crippen LogP contribution in [0.3, 0.4) is 0 Å². The Labute approximate surface area is 208 Å². The lowest BCUT2D eigenvalue weighted by Gasteiger charge is -2.27. The Hall–Kier alpha value is -3.33. The largest absolute Gasteiger partial charge is 0.465 e. The number of esters is 1. The molecular weight excluding hydrogens is 466 g/mol. The van der Waals surface area contributed by atoms with Gasteiger partial charge in [0.15, 0.2) is 0 Å². The summed E-state index contributed by atoms with van der Waals surface area (Å²) in [5, 5.41) is -0.422. The molecule has 35 heavy (non-hydrogen) atoms. The Bertz CT molecular complexity index is 1240.